The van der Waals surface area contributed by atoms with E-state index in [2.05, 4.69) is 32.9 Å². The number of hydrogen-bond acceptors (Lipinski definition) is 13. The molecule has 18 heteroatoms. The molecule has 0 fully saturated rings. The second-order valence-electron chi connectivity index (χ2n) is 9.95. The Hall–Kier alpha value is -4.27. The van der Waals surface area contributed by atoms with Crippen molar-refractivity contribution in [1.82, 2.24) is 0 Å². The van der Waals surface area contributed by atoms with Crippen LogP contribution >= 0.6 is 0 Å². The lowest BCUT2D eigenvalue weighted by Crippen LogP contribution is -2.47. The van der Waals surface area contributed by atoms with Gasteiger partial charge in [-0.3, -0.25) is 0 Å². The minimum absolute atomic E-state index is 0.176. The first-order valence-electron chi connectivity index (χ1n) is 13.1. The molecule has 0 aliphatic heterocycles. The van der Waals surface area contributed by atoms with Gasteiger partial charge >= 0.3 is 29.8 Å². The van der Waals surface area contributed by atoms with Gasteiger partial charge in [0.2, 0.25) is 0 Å². The molecule has 0 radical (unpaired) electrons. The zero-order valence-electron chi connectivity index (χ0n) is 27.9. The Balaban J connectivity index is -0.000000122. The molecule has 0 aromatic heterocycles. The summed E-state index contributed by atoms with van der Waals surface area (Å²) in [6, 6.07) is 0. The standard InChI is InChI=1S/C10H22O8.5C4H6O2/c11-1-9(2-12,3-13)6-18-7-10(4-14,5-15)8(16)17;5*1-3(2)4(5)6/h8,11-17H,1-7H2;5*1H2,2H3,(H,5,6). The Labute approximate surface area is 278 Å². The molecule has 0 atom stereocenters. The molecule has 0 heterocycles. The number of carboxylic acid groups (broad SMARTS) is 5. The van der Waals surface area contributed by atoms with E-state index < -0.39 is 86.6 Å². The SMILES string of the molecule is C=C(C)C(=O)O.C=C(C)C(=O)O.C=C(C)C(=O)O.C=C(C)C(=O)O.C=C(C)C(=O)O.OCC(CO)(CO)COCC(CO)(CO)C(O)O. The minimum Gasteiger partial charge on any atom is -0.478 e. The van der Waals surface area contributed by atoms with E-state index in [4.69, 9.17) is 66.0 Å². The van der Waals surface area contributed by atoms with Crippen LogP contribution in [-0.2, 0) is 28.7 Å². The van der Waals surface area contributed by atoms with E-state index in [0.29, 0.717) is 0 Å². The van der Waals surface area contributed by atoms with Gasteiger partial charge in [-0.15, -0.1) is 0 Å². The topological polar surface area (TPSA) is 337 Å². The molecule has 0 aliphatic carbocycles. The molecule has 0 unspecified atom stereocenters. The lowest BCUT2D eigenvalue weighted by Gasteiger charge is -2.33. The van der Waals surface area contributed by atoms with Crippen LogP contribution < -0.4 is 0 Å². The zero-order chi connectivity index (χ0) is 40.0. The summed E-state index contributed by atoms with van der Waals surface area (Å²) >= 11 is 0. The molecule has 18 nitrogen and oxygen atoms in total. The number of rotatable bonds is 15. The van der Waals surface area contributed by atoms with Gasteiger partial charge in [0.1, 0.15) is 0 Å². The normalized spacial score (nSPS) is 9.69. The maximum absolute atomic E-state index is 9.60. The van der Waals surface area contributed by atoms with E-state index in [-0.39, 0.29) is 34.5 Å². The molecule has 0 rings (SSSR count). The predicted octanol–water partition coefficient (Wildman–Crippen LogP) is -0.516. The molecule has 0 aliphatic rings. The van der Waals surface area contributed by atoms with Gasteiger partial charge in [-0.2, -0.15) is 0 Å². The first-order chi connectivity index (χ1) is 21.7. The number of aliphatic hydroxyl groups is 7. The Bertz CT molecular complexity index is 842. The number of carbonyl (C=O) groups is 5. The average molecular weight is 701 g/mol. The summed E-state index contributed by atoms with van der Waals surface area (Å²) in [5.41, 5.74) is -2.02. The van der Waals surface area contributed by atoms with Gasteiger partial charge in [0.05, 0.1) is 57.1 Å². The van der Waals surface area contributed by atoms with Crippen molar-refractivity contribution < 1.29 is 90.0 Å². The molecule has 0 amide bonds. The third-order valence-corrected chi connectivity index (χ3v) is 4.81. The van der Waals surface area contributed by atoms with Crippen LogP contribution in [0.5, 0.6) is 0 Å². The van der Waals surface area contributed by atoms with E-state index >= 15 is 0 Å². The van der Waals surface area contributed by atoms with E-state index in [0.717, 1.165) is 0 Å². The van der Waals surface area contributed by atoms with Crippen LogP contribution in [0.4, 0.5) is 0 Å². The van der Waals surface area contributed by atoms with E-state index in [1.54, 1.807) is 0 Å². The van der Waals surface area contributed by atoms with Gasteiger partial charge in [0.25, 0.3) is 0 Å². The minimum atomic E-state index is -1.99. The molecule has 0 spiro atoms. The Morgan fingerprint density at radius 3 is 0.771 bits per heavy atom. The lowest BCUT2D eigenvalue weighted by molar-refractivity contribution is -0.197. The predicted molar refractivity (Wildman–Crippen MR) is 172 cm³/mol. The van der Waals surface area contributed by atoms with Crippen LogP contribution in [0.3, 0.4) is 0 Å². The Morgan fingerprint density at radius 1 is 0.479 bits per heavy atom. The van der Waals surface area contributed by atoms with Crippen molar-refractivity contribution in [3.63, 3.8) is 0 Å². The highest BCUT2D eigenvalue weighted by atomic mass is 16.5. The number of aliphatic carboxylic acids is 5. The summed E-state index contributed by atoms with van der Waals surface area (Å²) in [7, 11) is 0. The third kappa shape index (κ3) is 34.6. The van der Waals surface area contributed by atoms with Crippen molar-refractivity contribution in [2.75, 3.05) is 46.2 Å². The molecule has 280 valence electrons. The number of ether oxygens (including phenoxy) is 1. The molecule has 0 aromatic carbocycles. The quantitative estimate of drug-likeness (QED) is 0.0755. The first kappa shape index (κ1) is 56.1. The van der Waals surface area contributed by atoms with Crippen molar-refractivity contribution in [2.24, 2.45) is 10.8 Å². The maximum Gasteiger partial charge on any atom is 0.330 e. The highest BCUT2D eigenvalue weighted by Gasteiger charge is 2.38. The summed E-state index contributed by atoms with van der Waals surface area (Å²) in [5.74, 6) is -4.68. The van der Waals surface area contributed by atoms with Crippen LogP contribution in [0.2, 0.25) is 0 Å². The maximum atomic E-state index is 9.60. The van der Waals surface area contributed by atoms with Gasteiger partial charge in [0.15, 0.2) is 6.29 Å². The zero-order valence-corrected chi connectivity index (χ0v) is 27.9. The smallest absolute Gasteiger partial charge is 0.330 e. The average Bonchev–Trinajstić information content (AvgIpc) is 2.99. The van der Waals surface area contributed by atoms with E-state index in [9.17, 15) is 24.0 Å². The van der Waals surface area contributed by atoms with Gasteiger partial charge in [-0.25, -0.2) is 24.0 Å². The van der Waals surface area contributed by atoms with Crippen LogP contribution in [0.1, 0.15) is 34.6 Å². The van der Waals surface area contributed by atoms with Crippen LogP contribution in [-0.4, -0.2) is 144 Å². The molecular formula is C30H52O18. The van der Waals surface area contributed by atoms with Gasteiger partial charge in [-0.1, -0.05) is 32.9 Å². The van der Waals surface area contributed by atoms with Gasteiger partial charge in [-0.05, 0) is 34.6 Å². The fraction of sp³-hybridized carbons (Fsp3) is 0.500. The summed E-state index contributed by atoms with van der Waals surface area (Å²) in [4.78, 5) is 48.0. The molecule has 0 bridgehead atoms. The Kier molecular flexibility index (Phi) is 36.6. The molecule has 0 saturated heterocycles. The van der Waals surface area contributed by atoms with Crippen molar-refractivity contribution in [3.05, 3.63) is 60.8 Å². The fourth-order valence-corrected chi connectivity index (χ4v) is 1.14. The number of aliphatic hydroxyl groups excluding tert-OH is 6. The molecule has 0 saturated carbocycles. The summed E-state index contributed by atoms with van der Waals surface area (Å²) in [6.07, 6.45) is -1.99. The van der Waals surface area contributed by atoms with E-state index in [1.807, 2.05) is 0 Å². The first-order valence-corrected chi connectivity index (χ1v) is 13.1. The molecule has 0 aromatic rings. The second kappa shape index (κ2) is 31.3. The monoisotopic (exact) mass is 700 g/mol. The van der Waals surface area contributed by atoms with Crippen LogP contribution in [0.15, 0.2) is 60.8 Å². The Morgan fingerprint density at radius 2 is 0.667 bits per heavy atom. The summed E-state index contributed by atoms with van der Waals surface area (Å²) < 4.78 is 5.06. The summed E-state index contributed by atoms with van der Waals surface area (Å²) in [6.45, 7) is 19.4. The molecule has 12 N–H and O–H groups in total. The highest BCUT2D eigenvalue weighted by Crippen LogP contribution is 2.22. The summed E-state index contributed by atoms with van der Waals surface area (Å²) in [5, 5.41) is 103. The lowest BCUT2D eigenvalue weighted by atomic mass is 9.89. The van der Waals surface area contributed by atoms with Crippen molar-refractivity contribution >= 4 is 29.8 Å². The van der Waals surface area contributed by atoms with Crippen LogP contribution in [0, 0.1) is 10.8 Å². The van der Waals surface area contributed by atoms with Crippen molar-refractivity contribution in [2.45, 2.75) is 40.9 Å². The van der Waals surface area contributed by atoms with E-state index in [1.165, 1.54) is 34.6 Å². The largest absolute Gasteiger partial charge is 0.478 e. The van der Waals surface area contributed by atoms with Crippen LogP contribution in [0.25, 0.3) is 0 Å². The van der Waals surface area contributed by atoms with Crippen molar-refractivity contribution in [1.29, 1.82) is 0 Å². The highest BCUT2D eigenvalue weighted by molar-refractivity contribution is 5.86. The van der Waals surface area contributed by atoms with Gasteiger partial charge in [0, 0.05) is 27.9 Å². The third-order valence-electron chi connectivity index (χ3n) is 4.81. The molecular weight excluding hydrogens is 648 g/mol. The molecule has 48 heavy (non-hydrogen) atoms. The fourth-order valence-electron chi connectivity index (χ4n) is 1.14. The second-order valence-corrected chi connectivity index (χ2v) is 9.95. The number of carboxylic acids is 5. The van der Waals surface area contributed by atoms with Gasteiger partial charge < -0.3 is 66.0 Å². The van der Waals surface area contributed by atoms with Crippen molar-refractivity contribution in [3.8, 4) is 0 Å². The number of hydrogen-bond donors (Lipinski definition) is 12.